The summed E-state index contributed by atoms with van der Waals surface area (Å²) in [5.41, 5.74) is 3.89. The van der Waals surface area contributed by atoms with Crippen LogP contribution >= 0.6 is 0 Å². The van der Waals surface area contributed by atoms with E-state index in [2.05, 4.69) is 36.9 Å². The van der Waals surface area contributed by atoms with Crippen LogP contribution in [0.1, 0.15) is 36.0 Å². The van der Waals surface area contributed by atoms with Crippen LogP contribution in [0.3, 0.4) is 0 Å². The predicted octanol–water partition coefficient (Wildman–Crippen LogP) is 2.74. The first-order chi connectivity index (χ1) is 8.56. The largest absolute Gasteiger partial charge is 0.481 e. The molecule has 0 atom stereocenters. The van der Waals surface area contributed by atoms with Crippen molar-refractivity contribution in [2.45, 2.75) is 45.7 Å². The van der Waals surface area contributed by atoms with E-state index in [0.29, 0.717) is 12.6 Å². The maximum Gasteiger partial charge on any atom is 0.304 e. The Labute approximate surface area is 108 Å². The van der Waals surface area contributed by atoms with Gasteiger partial charge in [0.25, 0.3) is 0 Å². The van der Waals surface area contributed by atoms with E-state index in [9.17, 15) is 4.79 Å². The molecule has 0 spiro atoms. The van der Waals surface area contributed by atoms with E-state index in [-0.39, 0.29) is 6.42 Å². The lowest BCUT2D eigenvalue weighted by Crippen LogP contribution is -2.28. The Morgan fingerprint density at radius 3 is 2.72 bits per heavy atom. The minimum Gasteiger partial charge on any atom is -0.481 e. The van der Waals surface area contributed by atoms with Gasteiger partial charge in [0.15, 0.2) is 0 Å². The second-order valence-electron chi connectivity index (χ2n) is 5.28. The van der Waals surface area contributed by atoms with Gasteiger partial charge in [-0.3, -0.25) is 9.69 Å². The lowest BCUT2D eigenvalue weighted by molar-refractivity contribution is -0.137. The molecule has 98 valence electrons. The van der Waals surface area contributed by atoms with Crippen LogP contribution in [0.2, 0.25) is 0 Å². The molecule has 0 bridgehead atoms. The van der Waals surface area contributed by atoms with Crippen LogP contribution in [-0.2, 0) is 11.3 Å². The molecule has 1 saturated carbocycles. The number of carboxylic acids is 1. The quantitative estimate of drug-likeness (QED) is 0.840. The van der Waals surface area contributed by atoms with E-state index in [4.69, 9.17) is 5.11 Å². The topological polar surface area (TPSA) is 40.5 Å². The van der Waals surface area contributed by atoms with Gasteiger partial charge in [0.05, 0.1) is 6.42 Å². The standard InChI is InChI=1S/C15H21NO2/c1-11-3-4-12(2)13(9-11)10-16(14-5-6-14)8-7-15(17)18/h3-4,9,14H,5-8,10H2,1-2H3,(H,17,18). The van der Waals surface area contributed by atoms with Crippen molar-refractivity contribution >= 4 is 5.97 Å². The summed E-state index contributed by atoms with van der Waals surface area (Å²) in [6.45, 7) is 5.76. The number of aliphatic carboxylic acids is 1. The Kier molecular flexibility index (Phi) is 4.02. The second kappa shape index (κ2) is 5.53. The number of aryl methyl sites for hydroxylation is 2. The lowest BCUT2D eigenvalue weighted by Gasteiger charge is -2.22. The van der Waals surface area contributed by atoms with E-state index in [1.54, 1.807) is 0 Å². The van der Waals surface area contributed by atoms with Gasteiger partial charge in [-0.05, 0) is 37.8 Å². The van der Waals surface area contributed by atoms with Gasteiger partial charge in [0, 0.05) is 19.1 Å². The number of carboxylic acid groups (broad SMARTS) is 1. The highest BCUT2D eigenvalue weighted by atomic mass is 16.4. The molecule has 18 heavy (non-hydrogen) atoms. The molecule has 0 aliphatic heterocycles. The fourth-order valence-corrected chi connectivity index (χ4v) is 2.26. The first-order valence-corrected chi connectivity index (χ1v) is 6.58. The number of carbonyl (C=O) groups is 1. The molecule has 0 amide bonds. The molecule has 1 fully saturated rings. The third kappa shape index (κ3) is 3.57. The van der Waals surface area contributed by atoms with Crippen molar-refractivity contribution in [3.8, 4) is 0 Å². The maximum absolute atomic E-state index is 10.7. The maximum atomic E-state index is 10.7. The first-order valence-electron chi connectivity index (χ1n) is 6.58. The summed E-state index contributed by atoms with van der Waals surface area (Å²) in [5.74, 6) is -0.707. The van der Waals surface area contributed by atoms with Gasteiger partial charge in [-0.25, -0.2) is 0 Å². The smallest absolute Gasteiger partial charge is 0.304 e. The van der Waals surface area contributed by atoms with Crippen molar-refractivity contribution in [2.24, 2.45) is 0 Å². The van der Waals surface area contributed by atoms with Crippen molar-refractivity contribution < 1.29 is 9.90 Å². The van der Waals surface area contributed by atoms with Crippen molar-refractivity contribution in [2.75, 3.05) is 6.54 Å². The van der Waals surface area contributed by atoms with Gasteiger partial charge in [-0.15, -0.1) is 0 Å². The first kappa shape index (κ1) is 13.1. The SMILES string of the molecule is Cc1ccc(C)c(CN(CCC(=O)O)C2CC2)c1. The molecule has 0 saturated heterocycles. The zero-order chi connectivity index (χ0) is 13.1. The molecule has 1 N–H and O–H groups in total. The van der Waals surface area contributed by atoms with E-state index >= 15 is 0 Å². The Morgan fingerprint density at radius 2 is 2.11 bits per heavy atom. The molecule has 2 rings (SSSR count). The zero-order valence-electron chi connectivity index (χ0n) is 11.1. The van der Waals surface area contributed by atoms with Gasteiger partial charge in [0.1, 0.15) is 0 Å². The summed E-state index contributed by atoms with van der Waals surface area (Å²) in [7, 11) is 0. The van der Waals surface area contributed by atoms with Gasteiger partial charge >= 0.3 is 5.97 Å². The third-order valence-electron chi connectivity index (χ3n) is 3.55. The normalized spacial score (nSPS) is 15.1. The van der Waals surface area contributed by atoms with Crippen LogP contribution in [0.15, 0.2) is 18.2 Å². The van der Waals surface area contributed by atoms with E-state index in [1.807, 2.05) is 0 Å². The molecule has 1 aliphatic carbocycles. The van der Waals surface area contributed by atoms with Gasteiger partial charge in [-0.1, -0.05) is 23.8 Å². The molecule has 0 radical (unpaired) electrons. The fraction of sp³-hybridized carbons (Fsp3) is 0.533. The summed E-state index contributed by atoms with van der Waals surface area (Å²) < 4.78 is 0. The number of rotatable bonds is 6. The molecule has 1 aromatic carbocycles. The van der Waals surface area contributed by atoms with E-state index in [1.165, 1.54) is 29.5 Å². The molecule has 1 aliphatic rings. The van der Waals surface area contributed by atoms with Gasteiger partial charge in [-0.2, -0.15) is 0 Å². The minimum atomic E-state index is -0.707. The molecular weight excluding hydrogens is 226 g/mol. The zero-order valence-corrected chi connectivity index (χ0v) is 11.1. The molecule has 1 aromatic rings. The lowest BCUT2D eigenvalue weighted by atomic mass is 10.1. The highest BCUT2D eigenvalue weighted by Gasteiger charge is 2.29. The van der Waals surface area contributed by atoms with Crippen molar-refractivity contribution in [3.63, 3.8) is 0 Å². The predicted molar refractivity (Wildman–Crippen MR) is 71.6 cm³/mol. The average Bonchev–Trinajstić information content (AvgIpc) is 3.12. The van der Waals surface area contributed by atoms with Crippen LogP contribution < -0.4 is 0 Å². The summed E-state index contributed by atoms with van der Waals surface area (Å²) in [6, 6.07) is 7.08. The second-order valence-corrected chi connectivity index (χ2v) is 5.28. The van der Waals surface area contributed by atoms with Crippen molar-refractivity contribution in [1.29, 1.82) is 0 Å². The van der Waals surface area contributed by atoms with Crippen LogP contribution in [0.5, 0.6) is 0 Å². The third-order valence-corrected chi connectivity index (χ3v) is 3.55. The Balaban J connectivity index is 2.03. The monoisotopic (exact) mass is 247 g/mol. The summed E-state index contributed by atoms with van der Waals surface area (Å²) in [6.07, 6.45) is 2.66. The molecule has 0 aromatic heterocycles. The van der Waals surface area contributed by atoms with Crippen LogP contribution in [0.25, 0.3) is 0 Å². The van der Waals surface area contributed by atoms with E-state index < -0.39 is 5.97 Å². The number of benzene rings is 1. The number of hydrogen-bond donors (Lipinski definition) is 1. The van der Waals surface area contributed by atoms with Gasteiger partial charge in [0.2, 0.25) is 0 Å². The van der Waals surface area contributed by atoms with Crippen molar-refractivity contribution in [1.82, 2.24) is 4.90 Å². The molecule has 0 heterocycles. The van der Waals surface area contributed by atoms with Crippen LogP contribution in [0, 0.1) is 13.8 Å². The Bertz CT molecular complexity index is 438. The summed E-state index contributed by atoms with van der Waals surface area (Å²) >= 11 is 0. The Hall–Kier alpha value is -1.35. The summed E-state index contributed by atoms with van der Waals surface area (Å²) in [4.78, 5) is 13.0. The summed E-state index contributed by atoms with van der Waals surface area (Å²) in [5, 5.41) is 8.80. The highest BCUT2D eigenvalue weighted by molar-refractivity contribution is 5.66. The van der Waals surface area contributed by atoms with Crippen LogP contribution in [-0.4, -0.2) is 28.6 Å². The molecular formula is C15H21NO2. The van der Waals surface area contributed by atoms with Gasteiger partial charge < -0.3 is 5.11 Å². The number of nitrogens with zero attached hydrogens (tertiary/aromatic N) is 1. The minimum absolute atomic E-state index is 0.237. The molecule has 3 nitrogen and oxygen atoms in total. The van der Waals surface area contributed by atoms with E-state index in [0.717, 1.165) is 6.54 Å². The fourth-order valence-electron chi connectivity index (χ4n) is 2.26. The number of hydrogen-bond acceptors (Lipinski definition) is 2. The average molecular weight is 247 g/mol. The molecule has 0 unspecified atom stereocenters. The van der Waals surface area contributed by atoms with Crippen LogP contribution in [0.4, 0.5) is 0 Å². The Morgan fingerprint density at radius 1 is 1.39 bits per heavy atom. The van der Waals surface area contributed by atoms with Crippen molar-refractivity contribution in [3.05, 3.63) is 34.9 Å². The highest BCUT2D eigenvalue weighted by Crippen LogP contribution is 2.29. The molecule has 3 heteroatoms.